The molecule has 2 rings (SSSR count). The van der Waals surface area contributed by atoms with E-state index in [4.69, 9.17) is 5.73 Å². The predicted octanol–water partition coefficient (Wildman–Crippen LogP) is 1.70. The fraction of sp³-hybridized carbons (Fsp3) is 0.643. The minimum Gasteiger partial charge on any atom is -0.369 e. The molecule has 2 N–H and O–H groups in total. The first-order chi connectivity index (χ1) is 9.20. The molecule has 1 saturated heterocycles. The molecule has 5 nitrogen and oxygen atoms in total. The first-order valence-electron chi connectivity index (χ1n) is 6.76. The molecule has 1 unspecified atom stereocenters. The van der Waals surface area contributed by atoms with Crippen molar-refractivity contribution >= 4 is 23.2 Å². The van der Waals surface area contributed by atoms with Gasteiger partial charge in [0.2, 0.25) is 5.91 Å². The zero-order chi connectivity index (χ0) is 15.1. The standard InChI is InChI=1S/C14H21N3O2S/c1-8-10(20-13(16-8)14(2,3)4)12(19)17-6-5-9(7-17)11(15)18/h9H,5-7H2,1-4H3,(H2,15,18). The van der Waals surface area contributed by atoms with Gasteiger partial charge in [0.25, 0.3) is 5.91 Å². The van der Waals surface area contributed by atoms with Crippen molar-refractivity contribution in [3.63, 3.8) is 0 Å². The van der Waals surface area contributed by atoms with Crippen molar-refractivity contribution in [3.05, 3.63) is 15.6 Å². The Morgan fingerprint density at radius 1 is 1.40 bits per heavy atom. The van der Waals surface area contributed by atoms with Gasteiger partial charge in [-0.3, -0.25) is 9.59 Å². The van der Waals surface area contributed by atoms with Crippen LogP contribution in [0.1, 0.15) is 47.6 Å². The third-order valence-electron chi connectivity index (χ3n) is 3.51. The highest BCUT2D eigenvalue weighted by molar-refractivity contribution is 7.14. The summed E-state index contributed by atoms with van der Waals surface area (Å²) in [6.07, 6.45) is 0.658. The third-order valence-corrected chi connectivity index (χ3v) is 5.08. The number of nitrogens with two attached hydrogens (primary N) is 1. The van der Waals surface area contributed by atoms with Gasteiger partial charge in [-0.1, -0.05) is 20.8 Å². The van der Waals surface area contributed by atoms with Crippen molar-refractivity contribution in [2.75, 3.05) is 13.1 Å². The van der Waals surface area contributed by atoms with Gasteiger partial charge in [-0.15, -0.1) is 11.3 Å². The number of aryl methyl sites for hydroxylation is 1. The SMILES string of the molecule is Cc1nc(C(C)(C)C)sc1C(=O)N1CCC(C(N)=O)C1. The molecular formula is C14H21N3O2S. The number of carbonyl (C=O) groups excluding carboxylic acids is 2. The van der Waals surface area contributed by atoms with E-state index in [1.165, 1.54) is 11.3 Å². The van der Waals surface area contributed by atoms with E-state index in [-0.39, 0.29) is 23.1 Å². The first-order valence-corrected chi connectivity index (χ1v) is 7.58. The van der Waals surface area contributed by atoms with E-state index >= 15 is 0 Å². The van der Waals surface area contributed by atoms with E-state index in [1.807, 2.05) is 6.92 Å². The molecule has 1 aliphatic rings. The van der Waals surface area contributed by atoms with Gasteiger partial charge in [-0.2, -0.15) is 0 Å². The summed E-state index contributed by atoms with van der Waals surface area (Å²) in [5.41, 5.74) is 6.01. The van der Waals surface area contributed by atoms with Crippen LogP contribution in [0.5, 0.6) is 0 Å². The number of nitrogens with zero attached hydrogens (tertiary/aromatic N) is 2. The summed E-state index contributed by atoms with van der Waals surface area (Å²) < 4.78 is 0. The molecule has 0 aromatic carbocycles. The minimum absolute atomic E-state index is 0.0285. The monoisotopic (exact) mass is 295 g/mol. The molecule has 0 saturated carbocycles. The Morgan fingerprint density at radius 2 is 2.05 bits per heavy atom. The Morgan fingerprint density at radius 3 is 2.50 bits per heavy atom. The average molecular weight is 295 g/mol. The lowest BCUT2D eigenvalue weighted by Crippen LogP contribution is -2.31. The minimum atomic E-state index is -0.322. The molecule has 2 amide bonds. The summed E-state index contributed by atoms with van der Waals surface area (Å²) in [5, 5.41) is 0.962. The Balaban J connectivity index is 2.18. The number of aromatic nitrogens is 1. The van der Waals surface area contributed by atoms with Crippen LogP contribution < -0.4 is 5.73 Å². The van der Waals surface area contributed by atoms with Crippen molar-refractivity contribution in [1.29, 1.82) is 0 Å². The van der Waals surface area contributed by atoms with Crippen LogP contribution in [0.15, 0.2) is 0 Å². The molecule has 0 spiro atoms. The van der Waals surface area contributed by atoms with E-state index in [1.54, 1.807) is 4.90 Å². The third kappa shape index (κ3) is 2.85. The molecular weight excluding hydrogens is 274 g/mol. The lowest BCUT2D eigenvalue weighted by atomic mass is 9.98. The summed E-state index contributed by atoms with van der Waals surface area (Å²) in [7, 11) is 0. The van der Waals surface area contributed by atoms with Gasteiger partial charge in [-0.25, -0.2) is 4.98 Å². The lowest BCUT2D eigenvalue weighted by Gasteiger charge is -2.15. The second kappa shape index (κ2) is 5.16. The van der Waals surface area contributed by atoms with E-state index < -0.39 is 0 Å². The van der Waals surface area contributed by atoms with E-state index in [9.17, 15) is 9.59 Å². The van der Waals surface area contributed by atoms with Crippen LogP contribution in [0.3, 0.4) is 0 Å². The van der Waals surface area contributed by atoms with Gasteiger partial charge in [-0.05, 0) is 13.3 Å². The van der Waals surface area contributed by atoms with E-state index in [0.29, 0.717) is 24.4 Å². The molecule has 1 aliphatic heterocycles. The Labute approximate surface area is 123 Å². The summed E-state index contributed by atoms with van der Waals surface area (Å²) in [6, 6.07) is 0. The molecule has 0 aliphatic carbocycles. The molecule has 1 aromatic heterocycles. The quantitative estimate of drug-likeness (QED) is 0.902. The van der Waals surface area contributed by atoms with Gasteiger partial charge in [0.05, 0.1) is 16.6 Å². The number of likely N-dealkylation sites (tertiary alicyclic amines) is 1. The number of carbonyl (C=O) groups is 2. The maximum Gasteiger partial charge on any atom is 0.265 e. The van der Waals surface area contributed by atoms with Gasteiger partial charge in [0.1, 0.15) is 4.88 Å². The maximum absolute atomic E-state index is 12.5. The van der Waals surface area contributed by atoms with Crippen molar-refractivity contribution in [1.82, 2.24) is 9.88 Å². The summed E-state index contributed by atoms with van der Waals surface area (Å²) in [4.78, 5) is 30.6. The largest absolute Gasteiger partial charge is 0.369 e. The predicted molar refractivity (Wildman–Crippen MR) is 78.8 cm³/mol. The van der Waals surface area contributed by atoms with Gasteiger partial charge in [0, 0.05) is 18.5 Å². The van der Waals surface area contributed by atoms with E-state index in [2.05, 4.69) is 25.8 Å². The Kier molecular flexibility index (Phi) is 3.86. The first kappa shape index (κ1) is 15.0. The van der Waals surface area contributed by atoms with Crippen molar-refractivity contribution < 1.29 is 9.59 Å². The molecule has 0 radical (unpaired) electrons. The molecule has 0 bridgehead atoms. The summed E-state index contributed by atoms with van der Waals surface area (Å²) in [6.45, 7) is 9.13. The normalized spacial score (nSPS) is 19.4. The number of hydrogen-bond acceptors (Lipinski definition) is 4. The van der Waals surface area contributed by atoms with Crippen LogP contribution in [0.25, 0.3) is 0 Å². The zero-order valence-corrected chi connectivity index (χ0v) is 13.2. The highest BCUT2D eigenvalue weighted by atomic mass is 32.1. The molecule has 2 heterocycles. The molecule has 1 atom stereocenters. The number of hydrogen-bond donors (Lipinski definition) is 1. The molecule has 1 fully saturated rings. The van der Waals surface area contributed by atoms with Crippen LogP contribution in [-0.4, -0.2) is 34.8 Å². The summed E-state index contributed by atoms with van der Waals surface area (Å²) >= 11 is 1.45. The molecule has 6 heteroatoms. The fourth-order valence-electron chi connectivity index (χ4n) is 2.24. The zero-order valence-electron chi connectivity index (χ0n) is 12.4. The highest BCUT2D eigenvalue weighted by Gasteiger charge is 2.32. The number of amides is 2. The van der Waals surface area contributed by atoms with Crippen LogP contribution in [0.4, 0.5) is 0 Å². The van der Waals surface area contributed by atoms with E-state index in [0.717, 1.165) is 10.7 Å². The van der Waals surface area contributed by atoms with Crippen molar-refractivity contribution in [3.8, 4) is 0 Å². The topological polar surface area (TPSA) is 76.3 Å². The maximum atomic E-state index is 12.5. The van der Waals surface area contributed by atoms with Crippen molar-refractivity contribution in [2.45, 2.75) is 39.5 Å². The summed E-state index contributed by atoms with van der Waals surface area (Å²) in [5.74, 6) is -0.565. The molecule has 110 valence electrons. The lowest BCUT2D eigenvalue weighted by molar-refractivity contribution is -0.121. The van der Waals surface area contributed by atoms with Gasteiger partial charge in [0.15, 0.2) is 0 Å². The second-order valence-electron chi connectivity index (χ2n) is 6.32. The Hall–Kier alpha value is -1.43. The van der Waals surface area contributed by atoms with Crippen LogP contribution >= 0.6 is 11.3 Å². The number of primary amides is 1. The fourth-order valence-corrected chi connectivity index (χ4v) is 3.33. The average Bonchev–Trinajstić information content (AvgIpc) is 2.93. The van der Waals surface area contributed by atoms with Crippen LogP contribution in [-0.2, 0) is 10.2 Å². The highest BCUT2D eigenvalue weighted by Crippen LogP contribution is 2.30. The van der Waals surface area contributed by atoms with Gasteiger partial charge < -0.3 is 10.6 Å². The number of rotatable bonds is 2. The molecule has 20 heavy (non-hydrogen) atoms. The van der Waals surface area contributed by atoms with Crippen molar-refractivity contribution in [2.24, 2.45) is 11.7 Å². The smallest absolute Gasteiger partial charge is 0.265 e. The second-order valence-corrected chi connectivity index (χ2v) is 7.32. The Bertz CT molecular complexity index is 545. The number of thiazole rings is 1. The molecule has 1 aromatic rings. The van der Waals surface area contributed by atoms with Gasteiger partial charge >= 0.3 is 0 Å². The van der Waals surface area contributed by atoms with Crippen LogP contribution in [0, 0.1) is 12.8 Å². The van der Waals surface area contributed by atoms with Crippen LogP contribution in [0.2, 0.25) is 0 Å².